The molecule has 1 aliphatic rings. The molecule has 2 rings (SSSR count). The van der Waals surface area contributed by atoms with Crippen molar-refractivity contribution in [1.29, 1.82) is 5.26 Å². The fraction of sp³-hybridized carbons (Fsp3) is 0.600. The van der Waals surface area contributed by atoms with Gasteiger partial charge < -0.3 is 10.2 Å². The predicted molar refractivity (Wildman–Crippen MR) is 84.1 cm³/mol. The summed E-state index contributed by atoms with van der Waals surface area (Å²) in [7, 11) is 0. The first-order valence-corrected chi connectivity index (χ1v) is 8.19. The van der Waals surface area contributed by atoms with Crippen LogP contribution in [-0.4, -0.2) is 48.6 Å². The molecule has 1 N–H and O–H groups in total. The molecule has 0 unspecified atom stereocenters. The summed E-state index contributed by atoms with van der Waals surface area (Å²) in [5.41, 5.74) is 0. The van der Waals surface area contributed by atoms with E-state index in [0.29, 0.717) is 25.6 Å². The molecule has 6 heteroatoms. The first-order valence-electron chi connectivity index (χ1n) is 7.31. The second-order valence-electron chi connectivity index (χ2n) is 5.65. The van der Waals surface area contributed by atoms with Crippen molar-refractivity contribution in [2.45, 2.75) is 19.9 Å². The van der Waals surface area contributed by atoms with Crippen LogP contribution >= 0.6 is 11.3 Å². The van der Waals surface area contributed by atoms with E-state index in [1.165, 1.54) is 0 Å². The van der Waals surface area contributed by atoms with E-state index in [4.69, 9.17) is 0 Å². The van der Waals surface area contributed by atoms with Crippen molar-refractivity contribution in [1.82, 2.24) is 15.1 Å². The molecule has 5 nitrogen and oxygen atoms in total. The molecule has 1 saturated heterocycles. The Morgan fingerprint density at radius 3 is 2.67 bits per heavy atom. The summed E-state index contributed by atoms with van der Waals surface area (Å²) in [5, 5.41) is 14.3. The molecule has 2 amide bonds. The van der Waals surface area contributed by atoms with E-state index in [0.717, 1.165) is 18.0 Å². The summed E-state index contributed by atoms with van der Waals surface area (Å²) in [6, 6.07) is 6.17. The van der Waals surface area contributed by atoms with Crippen LogP contribution in [0, 0.1) is 17.2 Å². The highest BCUT2D eigenvalue weighted by atomic mass is 32.1. The lowest BCUT2D eigenvalue weighted by Crippen LogP contribution is -2.52. The summed E-state index contributed by atoms with van der Waals surface area (Å²) < 4.78 is 0. The van der Waals surface area contributed by atoms with E-state index < -0.39 is 0 Å². The summed E-state index contributed by atoms with van der Waals surface area (Å²) >= 11 is 1.61. The zero-order chi connectivity index (χ0) is 15.2. The van der Waals surface area contributed by atoms with Gasteiger partial charge in [0.05, 0.1) is 6.07 Å². The van der Waals surface area contributed by atoms with E-state index >= 15 is 0 Å². The Balaban J connectivity index is 1.85. The minimum atomic E-state index is -0.189. The third-order valence-corrected chi connectivity index (χ3v) is 4.49. The topological polar surface area (TPSA) is 59.4 Å². The van der Waals surface area contributed by atoms with E-state index in [1.807, 2.05) is 22.4 Å². The number of nitriles is 1. The number of urea groups is 1. The average molecular weight is 306 g/mol. The number of amides is 2. The molecule has 0 aliphatic carbocycles. The van der Waals surface area contributed by atoms with Gasteiger partial charge in [-0.2, -0.15) is 5.26 Å². The van der Waals surface area contributed by atoms with Crippen molar-refractivity contribution < 1.29 is 4.79 Å². The molecule has 21 heavy (non-hydrogen) atoms. The zero-order valence-electron chi connectivity index (χ0n) is 12.6. The number of nitrogens with zero attached hydrogens (tertiary/aromatic N) is 3. The largest absolute Gasteiger partial charge is 0.338 e. The van der Waals surface area contributed by atoms with Gasteiger partial charge in [0.15, 0.2) is 0 Å². The minimum Gasteiger partial charge on any atom is -0.338 e. The number of nitrogens with one attached hydrogen (secondary N) is 1. The molecule has 1 aliphatic heterocycles. The Kier molecular flexibility index (Phi) is 5.59. The van der Waals surface area contributed by atoms with Crippen LogP contribution in [0.5, 0.6) is 0 Å². The molecule has 114 valence electrons. The van der Waals surface area contributed by atoms with Crippen LogP contribution in [0.1, 0.15) is 24.8 Å². The maximum atomic E-state index is 12.0. The fourth-order valence-electron chi connectivity index (χ4n) is 2.36. The fourth-order valence-corrected chi connectivity index (χ4v) is 3.16. The van der Waals surface area contributed by atoms with Gasteiger partial charge in [0.25, 0.3) is 0 Å². The molecule has 0 bridgehead atoms. The van der Waals surface area contributed by atoms with E-state index in [9.17, 15) is 10.1 Å². The van der Waals surface area contributed by atoms with Gasteiger partial charge in [0.2, 0.25) is 0 Å². The smallest absolute Gasteiger partial charge is 0.317 e. The van der Waals surface area contributed by atoms with Crippen LogP contribution in [-0.2, 0) is 0 Å². The lowest BCUT2D eigenvalue weighted by atomic mass is 10.2. The standard InChI is InChI=1S/C15H22N4OS/c1-12(2)11-17-15(20)19-7-5-18(6-8-19)13(10-16)14-4-3-9-21-14/h3-4,9,12-13H,5-8,11H2,1-2H3,(H,17,20)/t13-/m0/s1. The maximum Gasteiger partial charge on any atom is 0.317 e. The van der Waals surface area contributed by atoms with Gasteiger partial charge in [-0.3, -0.25) is 4.90 Å². The monoisotopic (exact) mass is 306 g/mol. The number of carbonyl (C=O) groups excluding carboxylic acids is 1. The zero-order valence-corrected chi connectivity index (χ0v) is 13.4. The Labute approximate surface area is 130 Å². The van der Waals surface area contributed by atoms with Crippen LogP contribution in [0.25, 0.3) is 0 Å². The average Bonchev–Trinajstić information content (AvgIpc) is 3.00. The molecular weight excluding hydrogens is 284 g/mol. The highest BCUT2D eigenvalue weighted by molar-refractivity contribution is 7.10. The van der Waals surface area contributed by atoms with Gasteiger partial charge >= 0.3 is 6.03 Å². The van der Waals surface area contributed by atoms with Crippen molar-refractivity contribution in [3.05, 3.63) is 22.4 Å². The third kappa shape index (κ3) is 4.19. The number of thiophene rings is 1. The molecular formula is C15H22N4OS. The molecule has 0 saturated carbocycles. The summed E-state index contributed by atoms with van der Waals surface area (Å²) in [6.45, 7) is 7.69. The molecule has 0 radical (unpaired) electrons. The lowest BCUT2D eigenvalue weighted by molar-refractivity contribution is 0.125. The quantitative estimate of drug-likeness (QED) is 0.928. The van der Waals surface area contributed by atoms with Crippen molar-refractivity contribution in [3.63, 3.8) is 0 Å². The van der Waals surface area contributed by atoms with Gasteiger partial charge in [-0.05, 0) is 17.4 Å². The van der Waals surface area contributed by atoms with Gasteiger partial charge in [-0.25, -0.2) is 4.79 Å². The molecule has 1 aromatic heterocycles. The van der Waals surface area contributed by atoms with Gasteiger partial charge in [0.1, 0.15) is 6.04 Å². The summed E-state index contributed by atoms with van der Waals surface area (Å²) in [5.74, 6) is 0.456. The molecule has 1 aromatic rings. The highest BCUT2D eigenvalue weighted by Crippen LogP contribution is 2.25. The number of hydrogen-bond donors (Lipinski definition) is 1. The van der Waals surface area contributed by atoms with Crippen molar-refractivity contribution in [2.75, 3.05) is 32.7 Å². The summed E-state index contributed by atoms with van der Waals surface area (Å²) in [4.78, 5) is 17.1. The summed E-state index contributed by atoms with van der Waals surface area (Å²) in [6.07, 6.45) is 0. The number of hydrogen-bond acceptors (Lipinski definition) is 4. The highest BCUT2D eigenvalue weighted by Gasteiger charge is 2.27. The second kappa shape index (κ2) is 7.43. The van der Waals surface area contributed by atoms with Crippen molar-refractivity contribution >= 4 is 17.4 Å². The SMILES string of the molecule is CC(C)CNC(=O)N1CCN([C@@H](C#N)c2cccs2)CC1. The van der Waals surface area contributed by atoms with Gasteiger partial charge in [-0.1, -0.05) is 19.9 Å². The van der Waals surface area contributed by atoms with Crippen LogP contribution in [0.15, 0.2) is 17.5 Å². The number of carbonyl (C=O) groups is 1. The first kappa shape index (κ1) is 15.8. The van der Waals surface area contributed by atoms with E-state index in [2.05, 4.69) is 30.1 Å². The first-order chi connectivity index (χ1) is 10.1. The van der Waals surface area contributed by atoms with E-state index in [1.54, 1.807) is 11.3 Å². The Morgan fingerprint density at radius 1 is 1.43 bits per heavy atom. The molecule has 1 fully saturated rings. The van der Waals surface area contributed by atoms with E-state index in [-0.39, 0.29) is 12.1 Å². The normalized spacial score (nSPS) is 17.5. The van der Waals surface area contributed by atoms with Crippen LogP contribution < -0.4 is 5.32 Å². The van der Waals surface area contributed by atoms with Crippen LogP contribution in [0.2, 0.25) is 0 Å². The lowest BCUT2D eigenvalue weighted by Gasteiger charge is -2.36. The van der Waals surface area contributed by atoms with Crippen molar-refractivity contribution in [2.24, 2.45) is 5.92 Å². The van der Waals surface area contributed by atoms with Gasteiger partial charge in [0, 0.05) is 37.6 Å². The van der Waals surface area contributed by atoms with Crippen LogP contribution in [0.4, 0.5) is 4.79 Å². The Morgan fingerprint density at radius 2 is 2.14 bits per heavy atom. The molecule has 0 aromatic carbocycles. The number of piperazine rings is 1. The molecule has 0 spiro atoms. The Hall–Kier alpha value is -1.58. The maximum absolute atomic E-state index is 12.0. The minimum absolute atomic E-state index is 0.00739. The second-order valence-corrected chi connectivity index (χ2v) is 6.63. The third-order valence-electron chi connectivity index (χ3n) is 3.56. The van der Waals surface area contributed by atoms with Crippen LogP contribution in [0.3, 0.4) is 0 Å². The predicted octanol–water partition coefficient (Wildman–Crippen LogP) is 2.30. The van der Waals surface area contributed by atoms with Gasteiger partial charge in [-0.15, -0.1) is 11.3 Å². The number of rotatable bonds is 4. The Bertz CT molecular complexity index is 486. The van der Waals surface area contributed by atoms with Crippen molar-refractivity contribution in [3.8, 4) is 6.07 Å². The molecule has 2 heterocycles. The molecule has 1 atom stereocenters.